The van der Waals surface area contributed by atoms with Crippen LogP contribution in [0.3, 0.4) is 0 Å². The average molecular weight is 455 g/mol. The van der Waals surface area contributed by atoms with Crippen LogP contribution in [0.15, 0.2) is 66.0 Å². The van der Waals surface area contributed by atoms with Gasteiger partial charge in [-0.15, -0.1) is 11.3 Å². The Labute approximate surface area is 145 Å². The number of hydrogen-bond donors (Lipinski definition) is 0. The van der Waals surface area contributed by atoms with Crippen molar-refractivity contribution in [3.63, 3.8) is 0 Å². The first kappa shape index (κ1) is 14.3. The number of halogens is 2. The van der Waals surface area contributed by atoms with E-state index >= 15 is 0 Å². The maximum atomic E-state index is 3.79. The highest BCUT2D eigenvalue weighted by Gasteiger charge is 2.12. The molecule has 1 aromatic heterocycles. The zero-order chi connectivity index (χ0) is 13.9. The SMILES string of the molecule is BrC(c1ccc(-c2ccccc2)cc1)c1csc(I)c1. The molecule has 100 valence electrons. The molecule has 0 aliphatic rings. The molecule has 3 heteroatoms. The summed E-state index contributed by atoms with van der Waals surface area (Å²) < 4.78 is 1.32. The Morgan fingerprint density at radius 3 is 2.10 bits per heavy atom. The van der Waals surface area contributed by atoms with E-state index in [1.165, 1.54) is 25.1 Å². The van der Waals surface area contributed by atoms with Gasteiger partial charge in [-0.3, -0.25) is 0 Å². The van der Waals surface area contributed by atoms with Crippen molar-refractivity contribution in [1.82, 2.24) is 0 Å². The summed E-state index contributed by atoms with van der Waals surface area (Å²) in [4.78, 5) is 0.270. The minimum absolute atomic E-state index is 0.270. The standard InChI is InChI=1S/C17H12BrIS/c18-17(15-10-16(19)20-11-15)14-8-6-13(7-9-14)12-4-2-1-3-5-12/h1-11,17H. The Kier molecular flexibility index (Phi) is 4.58. The smallest absolute Gasteiger partial charge is 0.0656 e. The van der Waals surface area contributed by atoms with Gasteiger partial charge in [0.05, 0.1) is 7.71 Å². The van der Waals surface area contributed by atoms with Crippen molar-refractivity contribution < 1.29 is 0 Å². The Morgan fingerprint density at radius 1 is 0.850 bits per heavy atom. The van der Waals surface area contributed by atoms with Crippen molar-refractivity contribution >= 4 is 49.9 Å². The first-order chi connectivity index (χ1) is 9.74. The molecule has 1 heterocycles. The van der Waals surface area contributed by atoms with Gasteiger partial charge in [0.25, 0.3) is 0 Å². The molecular weight excluding hydrogens is 443 g/mol. The summed E-state index contributed by atoms with van der Waals surface area (Å²) in [5.41, 5.74) is 5.13. The zero-order valence-corrected chi connectivity index (χ0v) is 15.2. The number of benzene rings is 2. The van der Waals surface area contributed by atoms with Gasteiger partial charge in [-0.1, -0.05) is 70.5 Å². The van der Waals surface area contributed by atoms with Gasteiger partial charge in [-0.05, 0) is 56.3 Å². The number of alkyl halides is 1. The van der Waals surface area contributed by atoms with Gasteiger partial charge in [0, 0.05) is 0 Å². The monoisotopic (exact) mass is 454 g/mol. The lowest BCUT2D eigenvalue weighted by atomic mass is 10.0. The van der Waals surface area contributed by atoms with Gasteiger partial charge in [0.1, 0.15) is 0 Å². The number of hydrogen-bond acceptors (Lipinski definition) is 1. The number of rotatable bonds is 3. The molecule has 3 aromatic rings. The van der Waals surface area contributed by atoms with Crippen molar-refractivity contribution in [3.8, 4) is 11.1 Å². The van der Waals surface area contributed by atoms with Crippen molar-refractivity contribution in [2.24, 2.45) is 0 Å². The molecular formula is C17H12BrIS. The maximum Gasteiger partial charge on any atom is 0.0656 e. The van der Waals surface area contributed by atoms with Gasteiger partial charge in [0.15, 0.2) is 0 Å². The zero-order valence-electron chi connectivity index (χ0n) is 10.6. The minimum Gasteiger partial charge on any atom is -0.137 e. The molecule has 1 unspecified atom stereocenters. The second-order valence-electron chi connectivity index (χ2n) is 4.53. The van der Waals surface area contributed by atoms with Crippen LogP contribution < -0.4 is 0 Å². The van der Waals surface area contributed by atoms with E-state index < -0.39 is 0 Å². The summed E-state index contributed by atoms with van der Waals surface area (Å²) in [5, 5.41) is 2.21. The van der Waals surface area contributed by atoms with Crippen LogP contribution in [0.4, 0.5) is 0 Å². The van der Waals surface area contributed by atoms with Crippen LogP contribution in [-0.4, -0.2) is 0 Å². The van der Waals surface area contributed by atoms with Crippen LogP contribution in [0.1, 0.15) is 16.0 Å². The third-order valence-electron chi connectivity index (χ3n) is 3.19. The minimum atomic E-state index is 0.270. The second kappa shape index (κ2) is 6.41. The molecule has 20 heavy (non-hydrogen) atoms. The van der Waals surface area contributed by atoms with Gasteiger partial charge < -0.3 is 0 Å². The molecule has 0 radical (unpaired) electrons. The van der Waals surface area contributed by atoms with Crippen LogP contribution in [-0.2, 0) is 0 Å². The van der Waals surface area contributed by atoms with E-state index in [0.29, 0.717) is 0 Å². The van der Waals surface area contributed by atoms with Gasteiger partial charge >= 0.3 is 0 Å². The van der Waals surface area contributed by atoms with Crippen LogP contribution in [0.5, 0.6) is 0 Å². The fourth-order valence-corrected chi connectivity index (χ4v) is 4.27. The summed E-state index contributed by atoms with van der Waals surface area (Å²) in [6.07, 6.45) is 0. The summed E-state index contributed by atoms with van der Waals surface area (Å²) in [5.74, 6) is 0. The van der Waals surface area contributed by atoms with Crippen molar-refractivity contribution in [2.75, 3.05) is 0 Å². The van der Waals surface area contributed by atoms with Gasteiger partial charge in [-0.2, -0.15) is 0 Å². The number of thiophene rings is 1. The summed E-state index contributed by atoms with van der Waals surface area (Å²) in [6, 6.07) is 21.5. The summed E-state index contributed by atoms with van der Waals surface area (Å²) in [6.45, 7) is 0. The molecule has 0 saturated heterocycles. The van der Waals surface area contributed by atoms with Crippen LogP contribution in [0.25, 0.3) is 11.1 Å². The molecule has 0 bridgehead atoms. The molecule has 2 aromatic carbocycles. The molecule has 0 spiro atoms. The van der Waals surface area contributed by atoms with E-state index in [0.717, 1.165) is 0 Å². The predicted octanol–water partition coefficient (Wildman–Crippen LogP) is 6.50. The molecule has 0 nitrogen and oxygen atoms in total. The normalized spacial score (nSPS) is 12.3. The van der Waals surface area contributed by atoms with E-state index in [1.54, 1.807) is 11.3 Å². The second-order valence-corrected chi connectivity index (χ2v) is 8.26. The lowest BCUT2D eigenvalue weighted by Crippen LogP contribution is -1.90. The third kappa shape index (κ3) is 3.15. The fraction of sp³-hybridized carbons (Fsp3) is 0.0588. The highest BCUT2D eigenvalue weighted by molar-refractivity contribution is 14.1. The highest BCUT2D eigenvalue weighted by Crippen LogP contribution is 2.34. The van der Waals surface area contributed by atoms with Gasteiger partial charge in [0.2, 0.25) is 0 Å². The van der Waals surface area contributed by atoms with Crippen molar-refractivity contribution in [1.29, 1.82) is 0 Å². The Morgan fingerprint density at radius 2 is 1.50 bits per heavy atom. The maximum absolute atomic E-state index is 3.79. The Bertz CT molecular complexity index is 689. The van der Waals surface area contributed by atoms with Crippen molar-refractivity contribution in [3.05, 3.63) is 80.1 Å². The molecule has 3 rings (SSSR count). The molecule has 0 aliphatic heterocycles. The molecule has 0 fully saturated rings. The molecule has 0 saturated carbocycles. The van der Waals surface area contributed by atoms with E-state index in [1.807, 2.05) is 6.07 Å². The quantitative estimate of drug-likeness (QED) is 0.312. The van der Waals surface area contributed by atoms with Gasteiger partial charge in [-0.25, -0.2) is 0 Å². The molecule has 0 N–H and O–H groups in total. The molecule has 0 amide bonds. The van der Waals surface area contributed by atoms with E-state index in [-0.39, 0.29) is 4.83 Å². The largest absolute Gasteiger partial charge is 0.137 e. The first-order valence-corrected chi connectivity index (χ1v) is 9.15. The molecule has 0 aliphatic carbocycles. The predicted molar refractivity (Wildman–Crippen MR) is 99.7 cm³/mol. The summed E-state index contributed by atoms with van der Waals surface area (Å²) >= 11 is 7.94. The lowest BCUT2D eigenvalue weighted by Gasteiger charge is -2.09. The first-order valence-electron chi connectivity index (χ1n) is 6.27. The van der Waals surface area contributed by atoms with Crippen LogP contribution >= 0.6 is 49.9 Å². The van der Waals surface area contributed by atoms with Crippen LogP contribution in [0, 0.1) is 2.88 Å². The fourth-order valence-electron chi connectivity index (χ4n) is 2.12. The van der Waals surface area contributed by atoms with E-state index in [2.05, 4.69) is 98.5 Å². The Balaban J connectivity index is 1.86. The third-order valence-corrected chi connectivity index (χ3v) is 6.06. The summed E-state index contributed by atoms with van der Waals surface area (Å²) in [7, 11) is 0. The van der Waals surface area contributed by atoms with Crippen LogP contribution in [0.2, 0.25) is 0 Å². The van der Waals surface area contributed by atoms with E-state index in [9.17, 15) is 0 Å². The lowest BCUT2D eigenvalue weighted by molar-refractivity contribution is 1.19. The Hall–Kier alpha value is -0.650. The topological polar surface area (TPSA) is 0 Å². The highest BCUT2D eigenvalue weighted by atomic mass is 127. The van der Waals surface area contributed by atoms with Crippen molar-refractivity contribution in [2.45, 2.75) is 4.83 Å². The molecule has 1 atom stereocenters. The average Bonchev–Trinajstić information content (AvgIpc) is 2.94. The van der Waals surface area contributed by atoms with E-state index in [4.69, 9.17) is 0 Å².